The second-order valence-corrected chi connectivity index (χ2v) is 7.34. The van der Waals surface area contributed by atoms with E-state index in [1.807, 2.05) is 30.3 Å². The van der Waals surface area contributed by atoms with Gasteiger partial charge in [0.15, 0.2) is 5.60 Å². The number of carbonyl (C=O) groups excluding carboxylic acids is 2. The molecule has 2 fully saturated rings. The van der Waals surface area contributed by atoms with Gasteiger partial charge >= 0.3 is 11.9 Å². The van der Waals surface area contributed by atoms with Gasteiger partial charge in [-0.3, -0.25) is 9.69 Å². The first-order valence-electron chi connectivity index (χ1n) is 9.26. The molecular weight excluding hydrogens is 334 g/mol. The maximum absolute atomic E-state index is 12.7. The summed E-state index contributed by atoms with van der Waals surface area (Å²) in [5, 5.41) is 10.9. The van der Waals surface area contributed by atoms with E-state index in [0.29, 0.717) is 12.0 Å². The van der Waals surface area contributed by atoms with Crippen LogP contribution in [0.1, 0.15) is 31.2 Å². The van der Waals surface area contributed by atoms with Gasteiger partial charge in [0.05, 0.1) is 20.1 Å². The van der Waals surface area contributed by atoms with Crippen LogP contribution < -0.4 is 0 Å². The molecule has 26 heavy (non-hydrogen) atoms. The van der Waals surface area contributed by atoms with Crippen LogP contribution in [0.5, 0.6) is 0 Å². The van der Waals surface area contributed by atoms with Crippen molar-refractivity contribution in [2.75, 3.05) is 26.8 Å². The van der Waals surface area contributed by atoms with Crippen LogP contribution in [0.15, 0.2) is 30.3 Å². The highest BCUT2D eigenvalue weighted by Gasteiger charge is 2.43. The molecule has 3 atom stereocenters. The van der Waals surface area contributed by atoms with Crippen LogP contribution in [0.2, 0.25) is 0 Å². The number of hydrogen-bond acceptors (Lipinski definition) is 6. The quantitative estimate of drug-likeness (QED) is 0.743. The number of esters is 2. The van der Waals surface area contributed by atoms with Crippen molar-refractivity contribution in [3.63, 3.8) is 0 Å². The topological polar surface area (TPSA) is 76.1 Å². The predicted molar refractivity (Wildman–Crippen MR) is 95.4 cm³/mol. The molecule has 0 bridgehead atoms. The van der Waals surface area contributed by atoms with E-state index in [-0.39, 0.29) is 13.0 Å². The molecule has 1 N–H and O–H groups in total. The Balaban J connectivity index is 1.65. The molecule has 2 aliphatic rings. The average Bonchev–Trinajstić information content (AvgIpc) is 3.24. The number of aliphatic hydroxyl groups is 1. The monoisotopic (exact) mass is 361 g/mol. The Morgan fingerprint density at radius 2 is 2.00 bits per heavy atom. The van der Waals surface area contributed by atoms with Crippen LogP contribution in [-0.2, 0) is 25.5 Å². The van der Waals surface area contributed by atoms with Crippen molar-refractivity contribution in [1.82, 2.24) is 4.90 Å². The maximum atomic E-state index is 12.7. The number of fused-ring (bicyclic) bond motifs is 1. The first kappa shape index (κ1) is 18.9. The van der Waals surface area contributed by atoms with Crippen molar-refractivity contribution in [2.24, 2.45) is 5.92 Å². The van der Waals surface area contributed by atoms with Crippen molar-refractivity contribution >= 4 is 11.9 Å². The highest BCUT2D eigenvalue weighted by molar-refractivity contribution is 5.86. The van der Waals surface area contributed by atoms with Gasteiger partial charge in [0, 0.05) is 18.4 Å². The second-order valence-electron chi connectivity index (χ2n) is 7.34. The fourth-order valence-electron chi connectivity index (χ4n) is 4.15. The van der Waals surface area contributed by atoms with Crippen LogP contribution in [0.4, 0.5) is 0 Å². The van der Waals surface area contributed by atoms with E-state index in [1.54, 1.807) is 0 Å². The number of ether oxygens (including phenoxy) is 2. The van der Waals surface area contributed by atoms with Gasteiger partial charge in [-0.25, -0.2) is 4.79 Å². The van der Waals surface area contributed by atoms with Gasteiger partial charge in [-0.15, -0.1) is 0 Å². The summed E-state index contributed by atoms with van der Waals surface area (Å²) in [6, 6.07) is 9.60. The molecule has 1 aromatic rings. The van der Waals surface area contributed by atoms with Crippen molar-refractivity contribution in [1.29, 1.82) is 0 Å². The second kappa shape index (κ2) is 8.18. The molecule has 2 aliphatic heterocycles. The number of nitrogens with zero attached hydrogens (tertiary/aromatic N) is 1. The smallest absolute Gasteiger partial charge is 0.339 e. The van der Waals surface area contributed by atoms with Crippen molar-refractivity contribution in [2.45, 2.75) is 43.7 Å². The fraction of sp³-hybridized carbons (Fsp3) is 0.600. The van der Waals surface area contributed by atoms with Crippen molar-refractivity contribution in [3.8, 4) is 0 Å². The molecule has 0 aromatic heterocycles. The molecule has 6 heteroatoms. The molecule has 3 rings (SSSR count). The minimum absolute atomic E-state index is 0.0159. The predicted octanol–water partition coefficient (Wildman–Crippen LogP) is 1.55. The summed E-state index contributed by atoms with van der Waals surface area (Å²) in [6.07, 6.45) is 2.93. The number of benzene rings is 1. The Morgan fingerprint density at radius 3 is 2.73 bits per heavy atom. The third kappa shape index (κ3) is 4.24. The van der Waals surface area contributed by atoms with Crippen molar-refractivity contribution < 1.29 is 24.2 Å². The summed E-state index contributed by atoms with van der Waals surface area (Å²) in [5.74, 6) is -1.08. The minimum Gasteiger partial charge on any atom is -0.469 e. The summed E-state index contributed by atoms with van der Waals surface area (Å²) < 4.78 is 10.1. The lowest BCUT2D eigenvalue weighted by Gasteiger charge is -2.27. The Kier molecular flexibility index (Phi) is 5.94. The maximum Gasteiger partial charge on any atom is 0.339 e. The van der Waals surface area contributed by atoms with E-state index in [1.165, 1.54) is 13.5 Å². The van der Waals surface area contributed by atoms with Crippen LogP contribution >= 0.6 is 0 Å². The zero-order chi connectivity index (χ0) is 18.6. The molecule has 2 heterocycles. The lowest BCUT2D eigenvalue weighted by molar-refractivity contribution is -0.173. The first-order chi connectivity index (χ1) is 12.5. The minimum atomic E-state index is -1.91. The molecule has 0 saturated carbocycles. The Bertz CT molecular complexity index is 634. The normalized spacial score (nSPS) is 24.7. The Morgan fingerprint density at radius 1 is 1.23 bits per heavy atom. The standard InChI is InChI=1S/C20H27NO5/c1-25-18(22)13-20(24,12-15-6-3-2-4-7-15)19(23)26-14-16-9-11-21-10-5-8-17(16)21/h2-4,6-7,16-17,24H,5,8-14H2,1H3/t16-,17-,20?/m0/s1. The zero-order valence-corrected chi connectivity index (χ0v) is 15.2. The van der Waals surface area contributed by atoms with Crippen LogP contribution in [0.3, 0.4) is 0 Å². The summed E-state index contributed by atoms with van der Waals surface area (Å²) in [5.41, 5.74) is -1.15. The van der Waals surface area contributed by atoms with E-state index in [4.69, 9.17) is 4.74 Å². The highest BCUT2D eigenvalue weighted by atomic mass is 16.6. The summed E-state index contributed by atoms with van der Waals surface area (Å²) in [6.45, 7) is 2.46. The molecule has 0 radical (unpaired) electrons. The highest BCUT2D eigenvalue weighted by Crippen LogP contribution is 2.33. The first-order valence-corrected chi connectivity index (χ1v) is 9.26. The van der Waals surface area contributed by atoms with Gasteiger partial charge in [0.2, 0.25) is 0 Å². The van der Waals surface area contributed by atoms with Gasteiger partial charge in [-0.05, 0) is 37.9 Å². The molecule has 0 aliphatic carbocycles. The van der Waals surface area contributed by atoms with Gasteiger partial charge in [0.25, 0.3) is 0 Å². The molecule has 1 unspecified atom stereocenters. The molecule has 6 nitrogen and oxygen atoms in total. The third-order valence-electron chi connectivity index (χ3n) is 5.56. The number of hydrogen-bond donors (Lipinski definition) is 1. The Labute approximate surface area is 154 Å². The van der Waals surface area contributed by atoms with E-state index in [9.17, 15) is 14.7 Å². The third-order valence-corrected chi connectivity index (χ3v) is 5.56. The van der Waals surface area contributed by atoms with E-state index < -0.39 is 24.0 Å². The van der Waals surface area contributed by atoms with Gasteiger partial charge in [-0.2, -0.15) is 0 Å². The van der Waals surface area contributed by atoms with E-state index in [0.717, 1.165) is 31.5 Å². The van der Waals surface area contributed by atoms with Gasteiger partial charge < -0.3 is 14.6 Å². The average molecular weight is 361 g/mol. The lowest BCUT2D eigenvalue weighted by atomic mass is 9.91. The Hall–Kier alpha value is -1.92. The van der Waals surface area contributed by atoms with Crippen LogP contribution in [-0.4, -0.2) is 60.4 Å². The van der Waals surface area contributed by atoms with Crippen LogP contribution in [0.25, 0.3) is 0 Å². The van der Waals surface area contributed by atoms with E-state index in [2.05, 4.69) is 9.64 Å². The SMILES string of the molecule is COC(=O)CC(O)(Cc1ccccc1)C(=O)OC[C@@H]1CCN2CCC[C@@H]12. The zero-order valence-electron chi connectivity index (χ0n) is 15.2. The molecule has 0 amide bonds. The number of rotatable bonds is 7. The number of carbonyl (C=O) groups is 2. The number of methoxy groups -OCH3 is 1. The summed E-state index contributed by atoms with van der Waals surface area (Å²) in [4.78, 5) is 26.9. The van der Waals surface area contributed by atoms with Crippen molar-refractivity contribution in [3.05, 3.63) is 35.9 Å². The van der Waals surface area contributed by atoms with Crippen LogP contribution in [0, 0.1) is 5.92 Å². The summed E-state index contributed by atoms with van der Waals surface area (Å²) in [7, 11) is 1.24. The largest absolute Gasteiger partial charge is 0.469 e. The van der Waals surface area contributed by atoms with Gasteiger partial charge in [0.1, 0.15) is 0 Å². The molecule has 2 saturated heterocycles. The molecular formula is C20H27NO5. The lowest BCUT2D eigenvalue weighted by Crippen LogP contribution is -2.45. The molecule has 1 aromatic carbocycles. The van der Waals surface area contributed by atoms with E-state index >= 15 is 0 Å². The molecule has 0 spiro atoms. The fourth-order valence-corrected chi connectivity index (χ4v) is 4.15. The molecule has 142 valence electrons. The summed E-state index contributed by atoms with van der Waals surface area (Å²) >= 11 is 0. The van der Waals surface area contributed by atoms with Gasteiger partial charge in [-0.1, -0.05) is 30.3 Å².